The molecule has 0 radical (unpaired) electrons. The van der Waals surface area contributed by atoms with Crippen LogP contribution in [0.1, 0.15) is 5.01 Å². The molecule has 6 heteroatoms. The van der Waals surface area contributed by atoms with Crippen molar-refractivity contribution >= 4 is 34.0 Å². The van der Waals surface area contributed by atoms with Crippen molar-refractivity contribution in [1.29, 1.82) is 0 Å². The molecule has 1 unspecified atom stereocenters. The van der Waals surface area contributed by atoms with Crippen molar-refractivity contribution < 1.29 is 8.76 Å². The highest BCUT2D eigenvalue weighted by Crippen LogP contribution is 2.23. The number of halogens is 1. The van der Waals surface area contributed by atoms with E-state index in [9.17, 15) is 4.21 Å². The quantitative estimate of drug-likeness (QED) is 0.874. The van der Waals surface area contributed by atoms with E-state index in [1.807, 2.05) is 17.5 Å². The lowest BCUT2D eigenvalue weighted by molar-refractivity contribution is 0.563. The van der Waals surface area contributed by atoms with E-state index in [0.717, 1.165) is 11.3 Å². The van der Waals surface area contributed by atoms with Crippen molar-refractivity contribution in [2.45, 2.75) is 5.75 Å². The summed E-state index contributed by atoms with van der Waals surface area (Å²) in [6.07, 6.45) is 0. The molecule has 0 amide bonds. The van der Waals surface area contributed by atoms with Gasteiger partial charge in [0, 0.05) is 16.0 Å². The Labute approximate surface area is 104 Å². The van der Waals surface area contributed by atoms with Crippen LogP contribution in [0.2, 0.25) is 5.02 Å². The Balaban J connectivity index is 2.24. The monoisotopic (exact) mass is 273 g/mol. The van der Waals surface area contributed by atoms with Gasteiger partial charge in [-0.1, -0.05) is 23.7 Å². The average Bonchev–Trinajstić information content (AvgIpc) is 2.66. The largest absolute Gasteiger partial charge is 0.306 e. The van der Waals surface area contributed by atoms with E-state index in [4.69, 9.17) is 16.2 Å². The summed E-state index contributed by atoms with van der Waals surface area (Å²) in [5.41, 5.74) is 1.76. The summed E-state index contributed by atoms with van der Waals surface area (Å²) in [5.74, 6) is 0.0816. The lowest BCUT2D eigenvalue weighted by Gasteiger charge is -1.95. The summed E-state index contributed by atoms with van der Waals surface area (Å²) in [6, 6.07) is 7.33. The fourth-order valence-corrected chi connectivity index (χ4v) is 2.80. The molecule has 16 heavy (non-hydrogen) atoms. The molecule has 0 saturated heterocycles. The van der Waals surface area contributed by atoms with E-state index >= 15 is 0 Å². The smallest absolute Gasteiger partial charge is 0.159 e. The van der Waals surface area contributed by atoms with Crippen molar-refractivity contribution in [3.63, 3.8) is 0 Å². The summed E-state index contributed by atoms with van der Waals surface area (Å²) in [7, 11) is 0. The zero-order valence-electron chi connectivity index (χ0n) is 8.09. The Kier molecular flexibility index (Phi) is 3.70. The molecule has 1 atom stereocenters. The van der Waals surface area contributed by atoms with Crippen LogP contribution in [-0.2, 0) is 16.8 Å². The van der Waals surface area contributed by atoms with E-state index in [1.165, 1.54) is 11.3 Å². The number of nitrogens with zero attached hydrogens (tertiary/aromatic N) is 1. The molecule has 0 fully saturated rings. The minimum absolute atomic E-state index is 0.0816. The van der Waals surface area contributed by atoms with Gasteiger partial charge in [0.1, 0.15) is 10.8 Å². The SMILES string of the molecule is O=S(O)Cc1nc(-c2ccc(Cl)cc2)cs1. The molecule has 0 aliphatic rings. The highest BCUT2D eigenvalue weighted by atomic mass is 35.5. The maximum atomic E-state index is 10.6. The minimum Gasteiger partial charge on any atom is -0.306 e. The molecule has 2 aromatic rings. The van der Waals surface area contributed by atoms with Crippen LogP contribution in [0.25, 0.3) is 11.3 Å². The summed E-state index contributed by atoms with van der Waals surface area (Å²) in [6.45, 7) is 0. The van der Waals surface area contributed by atoms with Crippen LogP contribution in [0, 0.1) is 0 Å². The van der Waals surface area contributed by atoms with Crippen molar-refractivity contribution in [3.05, 3.63) is 39.7 Å². The van der Waals surface area contributed by atoms with Crippen molar-refractivity contribution in [2.75, 3.05) is 0 Å². The van der Waals surface area contributed by atoms with Crippen LogP contribution in [0.5, 0.6) is 0 Å². The van der Waals surface area contributed by atoms with Crippen molar-refractivity contribution in [1.82, 2.24) is 4.98 Å². The molecule has 0 spiro atoms. The number of hydrogen-bond donors (Lipinski definition) is 1. The van der Waals surface area contributed by atoms with Crippen molar-refractivity contribution in [3.8, 4) is 11.3 Å². The molecule has 0 bridgehead atoms. The number of benzene rings is 1. The maximum Gasteiger partial charge on any atom is 0.159 e. The van der Waals surface area contributed by atoms with Gasteiger partial charge in [0.15, 0.2) is 11.1 Å². The fraction of sp³-hybridized carbons (Fsp3) is 0.100. The number of rotatable bonds is 3. The van der Waals surface area contributed by atoms with Gasteiger partial charge >= 0.3 is 0 Å². The first-order valence-corrected chi connectivity index (χ1v) is 6.96. The molecule has 3 nitrogen and oxygen atoms in total. The zero-order valence-corrected chi connectivity index (χ0v) is 10.5. The molecule has 1 aromatic heterocycles. The van der Waals surface area contributed by atoms with Crippen molar-refractivity contribution in [2.24, 2.45) is 0 Å². The molecule has 0 saturated carbocycles. The summed E-state index contributed by atoms with van der Waals surface area (Å²) in [5, 5.41) is 3.20. The lowest BCUT2D eigenvalue weighted by atomic mass is 10.2. The first-order chi connectivity index (χ1) is 7.65. The normalized spacial score (nSPS) is 12.6. The van der Waals surface area contributed by atoms with Gasteiger partial charge in [-0.25, -0.2) is 9.19 Å². The standard InChI is InChI=1S/C10H8ClNO2S2/c11-8-3-1-7(2-4-8)9-5-15-10(12-9)6-16(13)14/h1-5H,6H2,(H,13,14). The Morgan fingerprint density at radius 3 is 2.69 bits per heavy atom. The van der Waals surface area contributed by atoms with Crippen LogP contribution in [0.3, 0.4) is 0 Å². The van der Waals surface area contributed by atoms with Crippen LogP contribution >= 0.6 is 22.9 Å². The van der Waals surface area contributed by atoms with Crippen LogP contribution in [0.15, 0.2) is 29.6 Å². The number of aromatic nitrogens is 1. The predicted molar refractivity (Wildman–Crippen MR) is 67.0 cm³/mol. The Bertz CT molecular complexity index is 510. The second-order valence-electron chi connectivity index (χ2n) is 3.10. The number of hydrogen-bond acceptors (Lipinski definition) is 3. The number of thiazole rings is 1. The Hall–Kier alpha value is -0.750. The van der Waals surface area contributed by atoms with Gasteiger partial charge in [-0.2, -0.15) is 0 Å². The molecule has 2 rings (SSSR count). The third kappa shape index (κ3) is 2.89. The van der Waals surface area contributed by atoms with Gasteiger partial charge in [0.05, 0.1) is 5.69 Å². The summed E-state index contributed by atoms with van der Waals surface area (Å²) < 4.78 is 19.4. The molecule has 84 valence electrons. The molecule has 0 aliphatic carbocycles. The molecule has 0 aliphatic heterocycles. The van der Waals surface area contributed by atoms with E-state index < -0.39 is 11.1 Å². The van der Waals surface area contributed by atoms with Gasteiger partial charge < -0.3 is 4.55 Å². The van der Waals surface area contributed by atoms with E-state index in [0.29, 0.717) is 10.0 Å². The first-order valence-electron chi connectivity index (χ1n) is 4.43. The Morgan fingerprint density at radius 2 is 2.06 bits per heavy atom. The van der Waals surface area contributed by atoms with Gasteiger partial charge in [-0.3, -0.25) is 0 Å². The van der Waals surface area contributed by atoms with E-state index in [1.54, 1.807) is 12.1 Å². The molecular weight excluding hydrogens is 266 g/mol. The van der Waals surface area contributed by atoms with Crippen LogP contribution < -0.4 is 0 Å². The fourth-order valence-electron chi connectivity index (χ4n) is 1.24. The summed E-state index contributed by atoms with van der Waals surface area (Å²) >= 11 is 5.33. The second-order valence-corrected chi connectivity index (χ2v) is 5.41. The van der Waals surface area contributed by atoms with Crippen LogP contribution in [-0.4, -0.2) is 13.7 Å². The molecule has 1 aromatic carbocycles. The van der Waals surface area contributed by atoms with E-state index in [2.05, 4.69) is 4.98 Å². The molecular formula is C10H8ClNO2S2. The van der Waals surface area contributed by atoms with Gasteiger partial charge in [-0.15, -0.1) is 11.3 Å². The van der Waals surface area contributed by atoms with Gasteiger partial charge in [-0.05, 0) is 12.1 Å². The van der Waals surface area contributed by atoms with Gasteiger partial charge in [0.25, 0.3) is 0 Å². The minimum atomic E-state index is -1.84. The van der Waals surface area contributed by atoms with E-state index in [-0.39, 0.29) is 5.75 Å². The predicted octanol–water partition coefficient (Wildman–Crippen LogP) is 3.19. The molecule has 1 N–H and O–H groups in total. The zero-order chi connectivity index (χ0) is 11.5. The second kappa shape index (κ2) is 5.05. The summed E-state index contributed by atoms with van der Waals surface area (Å²) in [4.78, 5) is 4.27. The third-order valence-corrected chi connectivity index (χ3v) is 3.74. The van der Waals surface area contributed by atoms with Gasteiger partial charge in [0.2, 0.25) is 0 Å². The topological polar surface area (TPSA) is 50.2 Å². The Morgan fingerprint density at radius 1 is 1.38 bits per heavy atom. The van der Waals surface area contributed by atoms with Crippen LogP contribution in [0.4, 0.5) is 0 Å². The lowest BCUT2D eigenvalue weighted by Crippen LogP contribution is -1.91. The maximum absolute atomic E-state index is 10.6. The highest BCUT2D eigenvalue weighted by molar-refractivity contribution is 7.78. The first kappa shape index (κ1) is 11.7. The molecule has 1 heterocycles. The third-order valence-electron chi connectivity index (χ3n) is 1.94. The highest BCUT2D eigenvalue weighted by Gasteiger charge is 2.06. The average molecular weight is 274 g/mol.